The highest BCUT2D eigenvalue weighted by Crippen LogP contribution is 2.26. The van der Waals surface area contributed by atoms with Crippen molar-refractivity contribution in [3.05, 3.63) is 59.5 Å². The van der Waals surface area contributed by atoms with Crippen molar-refractivity contribution in [1.82, 2.24) is 9.97 Å². The molecule has 0 atom stereocenters. The Balaban J connectivity index is 1.63. The van der Waals surface area contributed by atoms with Gasteiger partial charge in [0.25, 0.3) is 0 Å². The first-order valence-electron chi connectivity index (χ1n) is 9.88. The van der Waals surface area contributed by atoms with Gasteiger partial charge in [-0.1, -0.05) is 6.08 Å². The molecule has 0 aromatic carbocycles. The van der Waals surface area contributed by atoms with Crippen LogP contribution in [-0.2, 0) is 11.2 Å². The number of thioether (sulfide) groups is 1. The van der Waals surface area contributed by atoms with E-state index in [-0.39, 0.29) is 0 Å². The molecule has 164 valence electrons. The van der Waals surface area contributed by atoms with E-state index in [0.717, 1.165) is 28.6 Å². The molecule has 3 rings (SSSR count). The molecule has 0 spiro atoms. The summed E-state index contributed by atoms with van der Waals surface area (Å²) in [6, 6.07) is 7.67. The number of hydrogen-bond acceptors (Lipinski definition) is 7. The second kappa shape index (κ2) is 9.43. The highest BCUT2D eigenvalue weighted by Gasteiger charge is 2.26. The number of carboxylic acid groups (broad SMARTS) is 1. The summed E-state index contributed by atoms with van der Waals surface area (Å²) in [7, 11) is 3.88. The number of carboxylic acids is 1. The summed E-state index contributed by atoms with van der Waals surface area (Å²) in [5.41, 5.74) is 1.64. The number of nitrogens with zero attached hydrogens (tertiary/aromatic N) is 3. The molecule has 8 heteroatoms. The quantitative estimate of drug-likeness (QED) is 0.501. The van der Waals surface area contributed by atoms with Crippen LogP contribution in [0.5, 0.6) is 0 Å². The summed E-state index contributed by atoms with van der Waals surface area (Å²) in [4.78, 5) is 22.1. The zero-order chi connectivity index (χ0) is 22.6. The Labute approximate surface area is 186 Å². The summed E-state index contributed by atoms with van der Waals surface area (Å²) in [6.45, 7) is 5.28. The van der Waals surface area contributed by atoms with Crippen molar-refractivity contribution >= 4 is 29.6 Å². The molecule has 0 saturated carbocycles. The molecule has 3 heterocycles. The lowest BCUT2D eigenvalue weighted by Gasteiger charge is -2.16. The minimum absolute atomic E-state index is 0.521. The summed E-state index contributed by atoms with van der Waals surface area (Å²) in [5.74, 6) is 3.41. The maximum absolute atomic E-state index is 11.1. The fraction of sp³-hybridized carbons (Fsp3) is 0.348. The van der Waals surface area contributed by atoms with Crippen LogP contribution in [0.15, 0.2) is 45.4 Å². The number of rotatable bonds is 9. The van der Waals surface area contributed by atoms with Gasteiger partial charge in [0.1, 0.15) is 27.8 Å². The van der Waals surface area contributed by atoms with E-state index in [1.54, 1.807) is 20.0 Å². The SMILES string of the molecule is Cc1oc(-c2ccc(N(C)C)nc2)nc1Cc1ccc(C=CCSC(C)(C)C(=O)O)o1. The van der Waals surface area contributed by atoms with E-state index in [4.69, 9.17) is 13.9 Å². The maximum atomic E-state index is 11.1. The third-order valence-electron chi connectivity index (χ3n) is 4.71. The van der Waals surface area contributed by atoms with Crippen LogP contribution in [0.3, 0.4) is 0 Å². The predicted octanol–water partition coefficient (Wildman–Crippen LogP) is 4.90. The second-order valence-electron chi connectivity index (χ2n) is 7.83. The van der Waals surface area contributed by atoms with Crippen LogP contribution in [0.4, 0.5) is 5.82 Å². The topological polar surface area (TPSA) is 92.6 Å². The fourth-order valence-corrected chi connectivity index (χ4v) is 3.45. The molecule has 3 aromatic heterocycles. The van der Waals surface area contributed by atoms with Crippen molar-refractivity contribution in [2.24, 2.45) is 0 Å². The van der Waals surface area contributed by atoms with Gasteiger partial charge in [0.15, 0.2) is 0 Å². The molecule has 7 nitrogen and oxygen atoms in total. The first kappa shape index (κ1) is 22.7. The van der Waals surface area contributed by atoms with E-state index in [1.807, 2.05) is 62.3 Å². The number of carbonyl (C=O) groups is 1. The van der Waals surface area contributed by atoms with E-state index in [2.05, 4.69) is 9.97 Å². The number of aryl methyl sites for hydroxylation is 1. The Morgan fingerprint density at radius 3 is 2.65 bits per heavy atom. The van der Waals surface area contributed by atoms with Crippen molar-refractivity contribution < 1.29 is 18.7 Å². The lowest BCUT2D eigenvalue weighted by Crippen LogP contribution is -2.27. The lowest BCUT2D eigenvalue weighted by atomic mass is 10.2. The number of furan rings is 1. The van der Waals surface area contributed by atoms with Crippen molar-refractivity contribution in [3.63, 3.8) is 0 Å². The Morgan fingerprint density at radius 1 is 1.23 bits per heavy atom. The van der Waals surface area contributed by atoms with Gasteiger partial charge in [-0.15, -0.1) is 11.8 Å². The highest BCUT2D eigenvalue weighted by molar-refractivity contribution is 8.01. The molecule has 0 aliphatic carbocycles. The van der Waals surface area contributed by atoms with Gasteiger partial charge < -0.3 is 18.8 Å². The van der Waals surface area contributed by atoms with Gasteiger partial charge in [-0.3, -0.25) is 4.79 Å². The Bertz CT molecular complexity index is 1060. The standard InChI is InChI=1S/C23H27N3O4S/c1-15-19(25-21(29-15)16-8-11-20(24-14-16)26(4)5)13-18-10-9-17(30-18)7-6-12-31-23(2,3)22(27)28/h6-11,14H,12-13H2,1-5H3,(H,27,28). The summed E-state index contributed by atoms with van der Waals surface area (Å²) in [6.07, 6.45) is 6.03. The van der Waals surface area contributed by atoms with Gasteiger partial charge in [-0.2, -0.15) is 0 Å². The van der Waals surface area contributed by atoms with Gasteiger partial charge in [0.2, 0.25) is 5.89 Å². The van der Waals surface area contributed by atoms with Crippen molar-refractivity contribution in [3.8, 4) is 11.5 Å². The minimum atomic E-state index is -0.821. The minimum Gasteiger partial charge on any atom is -0.480 e. The third kappa shape index (κ3) is 5.79. The van der Waals surface area contributed by atoms with Crippen molar-refractivity contribution in [1.29, 1.82) is 0 Å². The molecular weight excluding hydrogens is 414 g/mol. The molecule has 0 saturated heterocycles. The second-order valence-corrected chi connectivity index (χ2v) is 9.47. The van der Waals surface area contributed by atoms with Crippen LogP contribution in [0.1, 0.15) is 36.8 Å². The molecule has 0 fully saturated rings. The summed E-state index contributed by atoms with van der Waals surface area (Å²) < 4.78 is 10.9. The number of oxazole rings is 1. The number of aromatic nitrogens is 2. The Hall–Kier alpha value is -3.00. The van der Waals surface area contributed by atoms with Crippen LogP contribution in [-0.4, -0.2) is 45.6 Å². The molecular formula is C23H27N3O4S. The molecule has 31 heavy (non-hydrogen) atoms. The first-order valence-corrected chi connectivity index (χ1v) is 10.9. The fourth-order valence-electron chi connectivity index (χ4n) is 2.72. The molecule has 1 N–H and O–H groups in total. The number of anilines is 1. The van der Waals surface area contributed by atoms with E-state index in [0.29, 0.717) is 23.8 Å². The molecule has 0 bridgehead atoms. The van der Waals surface area contributed by atoms with Gasteiger partial charge in [-0.25, -0.2) is 9.97 Å². The molecule has 0 amide bonds. The third-order valence-corrected chi connectivity index (χ3v) is 5.96. The predicted molar refractivity (Wildman–Crippen MR) is 124 cm³/mol. The average Bonchev–Trinajstić information content (AvgIpc) is 3.32. The van der Waals surface area contributed by atoms with Crippen LogP contribution in [0, 0.1) is 6.92 Å². The van der Waals surface area contributed by atoms with Crippen LogP contribution in [0.2, 0.25) is 0 Å². The largest absolute Gasteiger partial charge is 0.480 e. The normalized spacial score (nSPS) is 11.9. The van der Waals surface area contributed by atoms with Gasteiger partial charge in [0, 0.05) is 26.0 Å². The van der Waals surface area contributed by atoms with E-state index >= 15 is 0 Å². The Morgan fingerprint density at radius 2 is 2.00 bits per heavy atom. The zero-order valence-corrected chi connectivity index (χ0v) is 19.2. The highest BCUT2D eigenvalue weighted by atomic mass is 32.2. The van der Waals surface area contributed by atoms with Gasteiger partial charge >= 0.3 is 5.97 Å². The average molecular weight is 442 g/mol. The lowest BCUT2D eigenvalue weighted by molar-refractivity contribution is -0.138. The maximum Gasteiger partial charge on any atom is 0.319 e. The first-order chi connectivity index (χ1) is 14.7. The van der Waals surface area contributed by atoms with Gasteiger partial charge in [0.05, 0.1) is 17.7 Å². The Kier molecular flexibility index (Phi) is 6.90. The molecule has 0 aliphatic rings. The van der Waals surface area contributed by atoms with E-state index in [9.17, 15) is 4.79 Å². The van der Waals surface area contributed by atoms with Crippen molar-refractivity contribution in [2.75, 3.05) is 24.7 Å². The number of pyridine rings is 1. The summed E-state index contributed by atoms with van der Waals surface area (Å²) in [5, 5.41) is 9.15. The van der Waals surface area contributed by atoms with Crippen LogP contribution in [0.25, 0.3) is 17.5 Å². The summed E-state index contributed by atoms with van der Waals surface area (Å²) >= 11 is 1.36. The molecule has 3 aromatic rings. The molecule has 0 radical (unpaired) electrons. The number of hydrogen-bond donors (Lipinski definition) is 1. The van der Waals surface area contributed by atoms with E-state index < -0.39 is 10.7 Å². The smallest absolute Gasteiger partial charge is 0.319 e. The van der Waals surface area contributed by atoms with Crippen molar-refractivity contribution in [2.45, 2.75) is 31.9 Å². The zero-order valence-electron chi connectivity index (χ0n) is 18.4. The number of aliphatic carboxylic acids is 1. The van der Waals surface area contributed by atoms with Crippen LogP contribution < -0.4 is 4.90 Å². The monoisotopic (exact) mass is 441 g/mol. The van der Waals surface area contributed by atoms with E-state index in [1.165, 1.54) is 11.8 Å². The van der Waals surface area contributed by atoms with Crippen LogP contribution >= 0.6 is 11.8 Å². The van der Waals surface area contributed by atoms with Gasteiger partial charge in [-0.05, 0) is 51.1 Å². The molecule has 0 unspecified atom stereocenters. The molecule has 0 aliphatic heterocycles.